The lowest BCUT2D eigenvalue weighted by molar-refractivity contribution is 0.0967. The summed E-state index contributed by atoms with van der Waals surface area (Å²) < 4.78 is 28.5. The number of nitrogens with zero attached hydrogens (tertiary/aromatic N) is 1. The molecule has 4 nitrogen and oxygen atoms in total. The fourth-order valence-corrected chi connectivity index (χ4v) is 5.27. The van der Waals surface area contributed by atoms with Crippen molar-refractivity contribution in [1.29, 1.82) is 0 Å². The third-order valence-electron chi connectivity index (χ3n) is 4.37. The Morgan fingerprint density at radius 1 is 1.00 bits per heavy atom. The zero-order valence-electron chi connectivity index (χ0n) is 12.7. The van der Waals surface area contributed by atoms with E-state index >= 15 is 0 Å². The van der Waals surface area contributed by atoms with Gasteiger partial charge in [0.25, 0.3) is 10.0 Å². The van der Waals surface area contributed by atoms with E-state index in [0.717, 1.165) is 21.8 Å². The average Bonchev–Trinajstić information content (AvgIpc) is 2.91. The van der Waals surface area contributed by atoms with E-state index < -0.39 is 10.0 Å². The van der Waals surface area contributed by atoms with Gasteiger partial charge in [0.15, 0.2) is 5.78 Å². The van der Waals surface area contributed by atoms with Gasteiger partial charge in [0.1, 0.15) is 5.69 Å². The van der Waals surface area contributed by atoms with E-state index in [0.29, 0.717) is 24.1 Å². The SMILES string of the molecule is O=C1CCCc2c1n(S(=O)(=O)c1ccccc1)c1ccc(Br)cc21. The lowest BCUT2D eigenvalue weighted by atomic mass is 9.95. The second-order valence-electron chi connectivity index (χ2n) is 5.85. The number of halogens is 1. The van der Waals surface area contributed by atoms with Crippen LogP contribution in [0.5, 0.6) is 0 Å². The third-order valence-corrected chi connectivity index (χ3v) is 6.59. The Morgan fingerprint density at radius 3 is 2.50 bits per heavy atom. The number of fused-ring (bicyclic) bond motifs is 3. The highest BCUT2D eigenvalue weighted by Gasteiger charge is 2.32. The number of hydrogen-bond donors (Lipinski definition) is 0. The van der Waals surface area contributed by atoms with Gasteiger partial charge in [-0.1, -0.05) is 34.1 Å². The predicted molar refractivity (Wildman–Crippen MR) is 95.9 cm³/mol. The first-order chi connectivity index (χ1) is 11.5. The molecule has 3 aromatic rings. The van der Waals surface area contributed by atoms with Crippen LogP contribution in [-0.4, -0.2) is 18.2 Å². The van der Waals surface area contributed by atoms with E-state index in [-0.39, 0.29) is 10.7 Å². The normalized spacial score (nSPS) is 14.8. The smallest absolute Gasteiger partial charge is 0.268 e. The van der Waals surface area contributed by atoms with Gasteiger partial charge in [0.2, 0.25) is 0 Å². The van der Waals surface area contributed by atoms with Crippen molar-refractivity contribution in [1.82, 2.24) is 3.97 Å². The van der Waals surface area contributed by atoms with Crippen LogP contribution in [0.4, 0.5) is 0 Å². The number of ketones is 1. The summed E-state index contributed by atoms with van der Waals surface area (Å²) >= 11 is 3.44. The molecule has 0 spiro atoms. The molecule has 1 aliphatic rings. The van der Waals surface area contributed by atoms with Crippen LogP contribution in [0, 0.1) is 0 Å². The number of benzene rings is 2. The van der Waals surface area contributed by atoms with Gasteiger partial charge in [-0.15, -0.1) is 0 Å². The number of Topliss-reactive ketones (excluding diaryl/α,β-unsaturated/α-hetero) is 1. The number of aryl methyl sites for hydroxylation is 1. The van der Waals surface area contributed by atoms with Crippen molar-refractivity contribution in [3.8, 4) is 0 Å². The molecule has 0 fully saturated rings. The Bertz CT molecular complexity index is 1070. The van der Waals surface area contributed by atoms with Gasteiger partial charge in [0.05, 0.1) is 10.4 Å². The van der Waals surface area contributed by atoms with Crippen LogP contribution < -0.4 is 0 Å². The summed E-state index contributed by atoms with van der Waals surface area (Å²) in [6.07, 6.45) is 1.85. The fraction of sp³-hybridized carbons (Fsp3) is 0.167. The average molecular weight is 404 g/mol. The highest BCUT2D eigenvalue weighted by atomic mass is 79.9. The van der Waals surface area contributed by atoms with Crippen molar-refractivity contribution in [2.24, 2.45) is 0 Å². The molecule has 2 aromatic carbocycles. The van der Waals surface area contributed by atoms with E-state index in [2.05, 4.69) is 15.9 Å². The molecule has 1 heterocycles. The predicted octanol–water partition coefficient (Wildman–Crippen LogP) is 4.16. The minimum atomic E-state index is -3.83. The van der Waals surface area contributed by atoms with Crippen LogP contribution >= 0.6 is 15.9 Å². The van der Waals surface area contributed by atoms with Gasteiger partial charge in [-0.2, -0.15) is 0 Å². The summed E-state index contributed by atoms with van der Waals surface area (Å²) in [4.78, 5) is 12.7. The van der Waals surface area contributed by atoms with Gasteiger partial charge in [0, 0.05) is 16.3 Å². The van der Waals surface area contributed by atoms with Crippen LogP contribution in [0.25, 0.3) is 10.9 Å². The lowest BCUT2D eigenvalue weighted by Gasteiger charge is -2.15. The topological polar surface area (TPSA) is 56.1 Å². The van der Waals surface area contributed by atoms with E-state index in [1.165, 1.54) is 3.97 Å². The minimum absolute atomic E-state index is 0.108. The Hall–Kier alpha value is -1.92. The molecule has 0 saturated heterocycles. The molecule has 0 atom stereocenters. The molecule has 6 heteroatoms. The zero-order chi connectivity index (χ0) is 16.9. The fourth-order valence-electron chi connectivity index (χ4n) is 3.32. The van der Waals surface area contributed by atoms with Crippen molar-refractivity contribution >= 4 is 42.6 Å². The van der Waals surface area contributed by atoms with Crippen LogP contribution in [-0.2, 0) is 16.4 Å². The van der Waals surface area contributed by atoms with Gasteiger partial charge in [-0.05, 0) is 48.7 Å². The van der Waals surface area contributed by atoms with E-state index in [1.54, 1.807) is 42.5 Å². The molecule has 0 N–H and O–H groups in total. The molecule has 0 bridgehead atoms. The van der Waals surface area contributed by atoms with Gasteiger partial charge in [-0.25, -0.2) is 12.4 Å². The monoisotopic (exact) mass is 403 g/mol. The molecule has 0 amide bonds. The van der Waals surface area contributed by atoms with Crippen LogP contribution in [0.15, 0.2) is 57.9 Å². The Morgan fingerprint density at radius 2 is 1.75 bits per heavy atom. The van der Waals surface area contributed by atoms with Crippen molar-refractivity contribution < 1.29 is 13.2 Å². The zero-order valence-corrected chi connectivity index (χ0v) is 15.1. The highest BCUT2D eigenvalue weighted by molar-refractivity contribution is 9.10. The molecule has 122 valence electrons. The summed E-state index contributed by atoms with van der Waals surface area (Å²) in [6.45, 7) is 0. The third kappa shape index (κ3) is 2.24. The van der Waals surface area contributed by atoms with Gasteiger partial charge < -0.3 is 0 Å². The lowest BCUT2D eigenvalue weighted by Crippen LogP contribution is -2.21. The summed E-state index contributed by atoms with van der Waals surface area (Å²) in [5, 5.41) is 0.826. The molecule has 4 rings (SSSR count). The molecular formula is C18H14BrNO3S. The minimum Gasteiger partial charge on any atom is -0.292 e. The van der Waals surface area contributed by atoms with Crippen LogP contribution in [0.3, 0.4) is 0 Å². The second kappa shape index (κ2) is 5.57. The number of hydrogen-bond acceptors (Lipinski definition) is 3. The second-order valence-corrected chi connectivity index (χ2v) is 8.55. The van der Waals surface area contributed by atoms with Crippen molar-refractivity contribution in [3.05, 3.63) is 64.3 Å². The Kier molecular flexibility index (Phi) is 3.62. The van der Waals surface area contributed by atoms with Crippen LogP contribution in [0.2, 0.25) is 0 Å². The van der Waals surface area contributed by atoms with E-state index in [9.17, 15) is 13.2 Å². The molecule has 0 saturated carbocycles. The largest absolute Gasteiger partial charge is 0.292 e. The van der Waals surface area contributed by atoms with E-state index in [1.807, 2.05) is 6.07 Å². The molecule has 0 radical (unpaired) electrons. The van der Waals surface area contributed by atoms with E-state index in [4.69, 9.17) is 0 Å². The number of aromatic nitrogens is 1. The van der Waals surface area contributed by atoms with Crippen molar-refractivity contribution in [2.45, 2.75) is 24.2 Å². The van der Waals surface area contributed by atoms with Crippen molar-refractivity contribution in [2.75, 3.05) is 0 Å². The summed E-state index contributed by atoms with van der Waals surface area (Å²) in [5.41, 5.74) is 1.71. The number of carbonyl (C=O) groups is 1. The maximum absolute atomic E-state index is 13.2. The molecule has 0 unspecified atom stereocenters. The quantitative estimate of drug-likeness (QED) is 0.645. The Balaban J connectivity index is 2.13. The summed E-state index contributed by atoms with van der Waals surface area (Å²) in [7, 11) is -3.83. The Labute approximate surface area is 148 Å². The van der Waals surface area contributed by atoms with Crippen LogP contribution in [0.1, 0.15) is 28.9 Å². The van der Waals surface area contributed by atoms with Crippen molar-refractivity contribution in [3.63, 3.8) is 0 Å². The maximum atomic E-state index is 13.2. The molecule has 1 aromatic heterocycles. The first-order valence-corrected chi connectivity index (χ1v) is 9.90. The first-order valence-electron chi connectivity index (χ1n) is 7.67. The molecule has 0 aliphatic heterocycles. The number of carbonyl (C=O) groups excluding carboxylic acids is 1. The van der Waals surface area contributed by atoms with Gasteiger partial charge >= 0.3 is 0 Å². The number of rotatable bonds is 2. The summed E-state index contributed by atoms with van der Waals surface area (Å²) in [5.74, 6) is -0.108. The van der Waals surface area contributed by atoms with Gasteiger partial charge in [-0.3, -0.25) is 4.79 Å². The highest BCUT2D eigenvalue weighted by Crippen LogP contribution is 2.36. The molecule has 1 aliphatic carbocycles. The first kappa shape index (κ1) is 15.6. The maximum Gasteiger partial charge on any atom is 0.268 e. The standard InChI is InChI=1S/C18H14BrNO3S/c19-12-9-10-16-15(11-12)14-7-4-8-17(21)18(14)20(16)24(22,23)13-5-2-1-3-6-13/h1-3,5-6,9-11H,4,7-8H2. The molecule has 24 heavy (non-hydrogen) atoms. The molecular weight excluding hydrogens is 390 g/mol. The summed E-state index contributed by atoms with van der Waals surface area (Å²) in [6, 6.07) is 13.7.